The second-order valence-electron chi connectivity index (χ2n) is 5.83. The number of fused-ring (bicyclic) bond motifs is 1. The molecule has 0 N–H and O–H groups in total. The Bertz CT molecular complexity index is 742. The number of aryl methyl sites for hydroxylation is 2. The van der Waals surface area contributed by atoms with Gasteiger partial charge in [-0.05, 0) is 37.8 Å². The third-order valence-corrected chi connectivity index (χ3v) is 4.00. The molecule has 2 heterocycles. The Morgan fingerprint density at radius 1 is 1.46 bits per heavy atom. The van der Waals surface area contributed by atoms with Crippen molar-refractivity contribution in [2.75, 3.05) is 6.54 Å². The normalized spacial score (nSPS) is 17.4. The minimum atomic E-state index is -4.51. The van der Waals surface area contributed by atoms with Gasteiger partial charge in [0.05, 0.1) is 11.7 Å². The number of carbonyl (C=O) groups excluding carboxylic acids is 1. The van der Waals surface area contributed by atoms with Crippen LogP contribution in [0.15, 0.2) is 28.9 Å². The van der Waals surface area contributed by atoms with Gasteiger partial charge in [-0.3, -0.25) is 9.78 Å². The second-order valence-corrected chi connectivity index (χ2v) is 5.83. The lowest BCUT2D eigenvalue weighted by molar-refractivity contribution is -0.145. The first kappa shape index (κ1) is 16.5. The van der Waals surface area contributed by atoms with Gasteiger partial charge in [0.2, 0.25) is 0 Å². The first-order valence-corrected chi connectivity index (χ1v) is 7.60. The Morgan fingerprint density at radius 2 is 2.25 bits per heavy atom. The molecule has 2 aromatic heterocycles. The zero-order chi connectivity index (χ0) is 17.3. The van der Waals surface area contributed by atoms with Gasteiger partial charge in [0.15, 0.2) is 5.69 Å². The summed E-state index contributed by atoms with van der Waals surface area (Å²) < 4.78 is 44.0. The minimum Gasteiger partial charge on any atom is -0.361 e. The van der Waals surface area contributed by atoms with Crippen LogP contribution in [0.4, 0.5) is 13.2 Å². The lowest BCUT2D eigenvalue weighted by atomic mass is 9.90. The van der Waals surface area contributed by atoms with Crippen LogP contribution < -0.4 is 0 Å². The predicted molar refractivity (Wildman–Crippen MR) is 78.2 cm³/mol. The summed E-state index contributed by atoms with van der Waals surface area (Å²) in [6, 6.07) is 4.21. The van der Waals surface area contributed by atoms with Crippen LogP contribution in [0.5, 0.6) is 0 Å². The number of carbonyl (C=O) groups is 1. The van der Waals surface area contributed by atoms with E-state index in [0.29, 0.717) is 24.3 Å². The molecule has 2 aromatic rings. The molecule has 0 radical (unpaired) electrons. The Morgan fingerprint density at radius 3 is 2.92 bits per heavy atom. The first-order chi connectivity index (χ1) is 11.3. The number of rotatable bonds is 3. The van der Waals surface area contributed by atoms with Crippen molar-refractivity contribution in [3.63, 3.8) is 0 Å². The summed E-state index contributed by atoms with van der Waals surface area (Å²) in [5, 5.41) is 3.56. The fourth-order valence-corrected chi connectivity index (χ4v) is 3.02. The first-order valence-electron chi connectivity index (χ1n) is 7.60. The summed E-state index contributed by atoms with van der Waals surface area (Å²) in [6.45, 7) is 0.230. The molecule has 1 aliphatic carbocycles. The van der Waals surface area contributed by atoms with E-state index < -0.39 is 24.7 Å². The molecule has 1 unspecified atom stereocenters. The van der Waals surface area contributed by atoms with Crippen LogP contribution >= 0.6 is 0 Å². The maximum absolute atomic E-state index is 13.1. The molecule has 3 rings (SSSR count). The molecule has 0 fully saturated rings. The number of hydrogen-bond acceptors (Lipinski definition) is 4. The van der Waals surface area contributed by atoms with E-state index in [-0.39, 0.29) is 5.69 Å². The van der Waals surface area contributed by atoms with Crippen molar-refractivity contribution in [3.05, 3.63) is 47.1 Å². The van der Waals surface area contributed by atoms with E-state index >= 15 is 0 Å². The van der Waals surface area contributed by atoms with Gasteiger partial charge >= 0.3 is 6.18 Å². The van der Waals surface area contributed by atoms with Gasteiger partial charge in [-0.15, -0.1) is 0 Å². The van der Waals surface area contributed by atoms with Crippen LogP contribution in [0.3, 0.4) is 0 Å². The number of amides is 1. The van der Waals surface area contributed by atoms with E-state index in [4.69, 9.17) is 4.52 Å². The van der Waals surface area contributed by atoms with E-state index in [0.717, 1.165) is 16.9 Å². The highest BCUT2D eigenvalue weighted by atomic mass is 19.4. The molecular weight excluding hydrogens is 323 g/mol. The smallest absolute Gasteiger partial charge is 0.361 e. The van der Waals surface area contributed by atoms with E-state index in [9.17, 15) is 18.0 Å². The third-order valence-electron chi connectivity index (χ3n) is 4.00. The fourth-order valence-electron chi connectivity index (χ4n) is 3.02. The van der Waals surface area contributed by atoms with Gasteiger partial charge in [-0.25, -0.2) is 0 Å². The Hall–Kier alpha value is -2.38. The highest BCUT2D eigenvalue weighted by molar-refractivity contribution is 5.92. The van der Waals surface area contributed by atoms with Crippen LogP contribution in [-0.4, -0.2) is 33.7 Å². The second kappa shape index (κ2) is 6.26. The maximum Gasteiger partial charge on any atom is 0.406 e. The third kappa shape index (κ3) is 3.42. The van der Waals surface area contributed by atoms with E-state index in [1.165, 1.54) is 12.3 Å². The molecule has 0 aliphatic heterocycles. The highest BCUT2D eigenvalue weighted by Crippen LogP contribution is 2.35. The van der Waals surface area contributed by atoms with Crippen molar-refractivity contribution in [3.8, 4) is 0 Å². The highest BCUT2D eigenvalue weighted by Gasteiger charge is 2.40. The standard InChI is InChI=1S/C16H16F3N3O2/c1-10-8-12(21-24-10)15(23)22(9-16(17,18)19)13-6-2-4-11-5-3-7-20-14(11)13/h3,5,7-8,13H,2,4,6,9H2,1H3. The molecular formula is C16H16F3N3O2. The number of hydrogen-bond donors (Lipinski definition) is 0. The molecule has 1 amide bonds. The molecule has 24 heavy (non-hydrogen) atoms. The maximum atomic E-state index is 13.1. The summed E-state index contributed by atoms with van der Waals surface area (Å²) in [5.74, 6) is -0.430. The summed E-state index contributed by atoms with van der Waals surface area (Å²) in [7, 11) is 0. The zero-order valence-electron chi connectivity index (χ0n) is 13.0. The van der Waals surface area contributed by atoms with Crippen molar-refractivity contribution in [2.45, 2.75) is 38.4 Å². The van der Waals surface area contributed by atoms with Crippen LogP contribution in [-0.2, 0) is 6.42 Å². The van der Waals surface area contributed by atoms with Gasteiger partial charge in [-0.2, -0.15) is 13.2 Å². The molecule has 1 aliphatic rings. The van der Waals surface area contributed by atoms with Crippen molar-refractivity contribution in [2.24, 2.45) is 0 Å². The van der Waals surface area contributed by atoms with Gasteiger partial charge in [0, 0.05) is 12.3 Å². The largest absolute Gasteiger partial charge is 0.406 e. The molecule has 0 spiro atoms. The van der Waals surface area contributed by atoms with E-state index in [2.05, 4.69) is 10.1 Å². The lowest BCUT2D eigenvalue weighted by Crippen LogP contribution is -2.43. The molecule has 0 saturated carbocycles. The minimum absolute atomic E-state index is 0.125. The van der Waals surface area contributed by atoms with Gasteiger partial charge < -0.3 is 9.42 Å². The van der Waals surface area contributed by atoms with E-state index in [1.807, 2.05) is 6.07 Å². The van der Waals surface area contributed by atoms with Crippen LogP contribution in [0.25, 0.3) is 0 Å². The van der Waals surface area contributed by atoms with Gasteiger partial charge in [-0.1, -0.05) is 11.2 Å². The Labute approximate surface area is 136 Å². The SMILES string of the molecule is Cc1cc(C(=O)N(CC(F)(F)F)C2CCCc3cccnc32)no1. The Balaban J connectivity index is 1.98. The predicted octanol–water partition coefficient (Wildman–Crippen LogP) is 3.46. The topological polar surface area (TPSA) is 59.2 Å². The Kier molecular flexibility index (Phi) is 4.29. The number of halogens is 3. The zero-order valence-corrected chi connectivity index (χ0v) is 13.0. The van der Waals surface area contributed by atoms with Crippen LogP contribution in [0.2, 0.25) is 0 Å². The van der Waals surface area contributed by atoms with Crippen LogP contribution in [0, 0.1) is 6.92 Å². The number of pyridine rings is 1. The quantitative estimate of drug-likeness (QED) is 0.859. The molecule has 128 valence electrons. The van der Waals surface area contributed by atoms with Crippen molar-refractivity contribution in [1.29, 1.82) is 0 Å². The molecule has 0 aromatic carbocycles. The lowest BCUT2D eigenvalue weighted by Gasteiger charge is -2.35. The molecule has 0 saturated heterocycles. The number of nitrogens with zero attached hydrogens (tertiary/aromatic N) is 3. The average molecular weight is 339 g/mol. The van der Waals surface area contributed by atoms with Crippen molar-refractivity contribution >= 4 is 5.91 Å². The van der Waals surface area contributed by atoms with E-state index in [1.54, 1.807) is 13.0 Å². The summed E-state index contributed by atoms with van der Waals surface area (Å²) >= 11 is 0. The monoisotopic (exact) mass is 339 g/mol. The van der Waals surface area contributed by atoms with Crippen LogP contribution in [0.1, 0.15) is 46.4 Å². The molecule has 5 nitrogen and oxygen atoms in total. The number of alkyl halides is 3. The fraction of sp³-hybridized carbons (Fsp3) is 0.438. The number of aromatic nitrogens is 2. The van der Waals surface area contributed by atoms with Crippen molar-refractivity contribution in [1.82, 2.24) is 15.0 Å². The summed E-state index contributed by atoms with van der Waals surface area (Å²) in [5.41, 5.74) is 1.28. The van der Waals surface area contributed by atoms with Crippen molar-refractivity contribution < 1.29 is 22.5 Å². The molecule has 8 heteroatoms. The average Bonchev–Trinajstić information content (AvgIpc) is 2.97. The van der Waals surface area contributed by atoms with Gasteiger partial charge in [0.1, 0.15) is 12.3 Å². The summed E-state index contributed by atoms with van der Waals surface area (Å²) in [6.07, 6.45) is -1.10. The molecule has 1 atom stereocenters. The molecule has 0 bridgehead atoms. The van der Waals surface area contributed by atoms with Gasteiger partial charge in [0.25, 0.3) is 5.91 Å². The summed E-state index contributed by atoms with van der Waals surface area (Å²) in [4.78, 5) is 17.7.